The third-order valence-electron chi connectivity index (χ3n) is 12.3. The van der Waals surface area contributed by atoms with Crippen molar-refractivity contribution in [2.24, 2.45) is 0 Å². The van der Waals surface area contributed by atoms with Crippen molar-refractivity contribution < 1.29 is 0 Å². The third kappa shape index (κ3) is 4.19. The van der Waals surface area contributed by atoms with Gasteiger partial charge in [0.1, 0.15) is 0 Å². The number of benzene rings is 10. The molecule has 0 radical (unpaired) electrons. The molecule has 3 heteroatoms. The molecule has 0 unspecified atom stereocenters. The summed E-state index contributed by atoms with van der Waals surface area (Å²) in [6.07, 6.45) is 0. The van der Waals surface area contributed by atoms with E-state index >= 15 is 0 Å². The molecule has 3 aromatic heterocycles. The van der Waals surface area contributed by atoms with Gasteiger partial charge in [-0.15, -0.1) is 11.3 Å². The maximum Gasteiger partial charge on any atom is 0.0726 e. The molecule has 0 aliphatic carbocycles. The lowest BCUT2D eigenvalue weighted by molar-refractivity contribution is 1.18. The highest BCUT2D eigenvalue weighted by atomic mass is 32.1. The standard InChI is InChI=1S/C54H32N2S/c1-2-15-34(16-3-1)55-45-26-11-8-19-39(45)42-25-14-24-36(52(42)55)33-29-31-35(32-30-33)56-46-27-12-9-22-43(46)50-48-40-20-6-4-17-37(40)38-18-5-7-21-41(38)49(48)51-44-23-10-13-28-47(44)57-54(51)53(50)56/h1-32H. The van der Waals surface area contributed by atoms with Gasteiger partial charge in [0, 0.05) is 64.7 Å². The van der Waals surface area contributed by atoms with Gasteiger partial charge in [0.15, 0.2) is 0 Å². The highest BCUT2D eigenvalue weighted by molar-refractivity contribution is 7.27. The third-order valence-corrected chi connectivity index (χ3v) is 13.4. The first-order valence-corrected chi connectivity index (χ1v) is 20.4. The zero-order valence-corrected chi connectivity index (χ0v) is 31.6. The zero-order valence-electron chi connectivity index (χ0n) is 30.8. The Morgan fingerprint density at radius 3 is 1.53 bits per heavy atom. The normalized spacial score (nSPS) is 12.2. The quantitative estimate of drug-likeness (QED) is 0.160. The maximum atomic E-state index is 2.54. The van der Waals surface area contributed by atoms with Crippen molar-refractivity contribution >= 4 is 107 Å². The molecule has 0 fully saturated rings. The highest BCUT2D eigenvalue weighted by Gasteiger charge is 2.25. The summed E-state index contributed by atoms with van der Waals surface area (Å²) in [7, 11) is 0. The van der Waals surface area contributed by atoms with Crippen LogP contribution in [0.2, 0.25) is 0 Å². The summed E-state index contributed by atoms with van der Waals surface area (Å²) < 4.78 is 7.61. The SMILES string of the molecule is c1ccc(-n2c3ccccc3c3cccc(-c4ccc(-n5c6ccccc6c6c7c8ccccc8c8ccccc8c7c7c8ccccc8sc7c65)cc4)c32)cc1. The summed E-state index contributed by atoms with van der Waals surface area (Å²) in [6.45, 7) is 0. The molecule has 0 spiro atoms. The molecule has 0 atom stereocenters. The lowest BCUT2D eigenvalue weighted by Gasteiger charge is -2.15. The van der Waals surface area contributed by atoms with Gasteiger partial charge in [-0.25, -0.2) is 0 Å². The number of rotatable bonds is 3. The monoisotopic (exact) mass is 740 g/mol. The molecule has 0 bridgehead atoms. The fourth-order valence-corrected chi connectivity index (χ4v) is 11.2. The van der Waals surface area contributed by atoms with E-state index in [0.717, 1.165) is 11.4 Å². The van der Waals surface area contributed by atoms with Crippen LogP contribution in [0.4, 0.5) is 0 Å². The first kappa shape index (κ1) is 31.1. The molecule has 13 rings (SSSR count). The summed E-state index contributed by atoms with van der Waals surface area (Å²) in [5.74, 6) is 0. The van der Waals surface area contributed by atoms with Gasteiger partial charge < -0.3 is 9.13 Å². The van der Waals surface area contributed by atoms with E-state index in [1.807, 2.05) is 11.3 Å². The Bertz CT molecular complexity index is 3790. The Labute approximate surface area is 331 Å². The minimum absolute atomic E-state index is 1.16. The van der Waals surface area contributed by atoms with E-state index in [9.17, 15) is 0 Å². The Balaban J connectivity index is 1.15. The largest absolute Gasteiger partial charge is 0.309 e. The molecule has 3 heterocycles. The Morgan fingerprint density at radius 1 is 0.298 bits per heavy atom. The molecule has 0 aliphatic rings. The predicted molar refractivity (Wildman–Crippen MR) is 246 cm³/mol. The highest BCUT2D eigenvalue weighted by Crippen LogP contribution is 2.52. The van der Waals surface area contributed by atoms with Crippen LogP contribution in [0.15, 0.2) is 194 Å². The van der Waals surface area contributed by atoms with Gasteiger partial charge >= 0.3 is 0 Å². The molecule has 264 valence electrons. The van der Waals surface area contributed by atoms with Crippen molar-refractivity contribution in [1.82, 2.24) is 9.13 Å². The fourth-order valence-electron chi connectivity index (χ4n) is 9.98. The maximum absolute atomic E-state index is 2.54. The van der Waals surface area contributed by atoms with Crippen molar-refractivity contribution in [1.29, 1.82) is 0 Å². The zero-order chi connectivity index (χ0) is 37.2. The van der Waals surface area contributed by atoms with E-state index < -0.39 is 0 Å². The Hall–Kier alpha value is -7.20. The molecule has 0 saturated carbocycles. The van der Waals surface area contributed by atoms with E-state index in [4.69, 9.17) is 0 Å². The number of fused-ring (bicyclic) bond motifs is 18. The molecule has 0 saturated heterocycles. The number of nitrogens with zero attached hydrogens (tertiary/aromatic N) is 2. The molecule has 0 aliphatic heterocycles. The lowest BCUT2D eigenvalue weighted by Crippen LogP contribution is -1.96. The second-order valence-corrected chi connectivity index (χ2v) is 16.2. The first-order chi connectivity index (χ1) is 28.3. The number of aromatic nitrogens is 2. The van der Waals surface area contributed by atoms with Crippen molar-refractivity contribution in [3.63, 3.8) is 0 Å². The minimum Gasteiger partial charge on any atom is -0.309 e. The Morgan fingerprint density at radius 2 is 0.807 bits per heavy atom. The Kier molecular flexibility index (Phi) is 6.35. The number of hydrogen-bond acceptors (Lipinski definition) is 1. The van der Waals surface area contributed by atoms with Gasteiger partial charge in [0.25, 0.3) is 0 Å². The molecule has 2 nitrogen and oxygen atoms in total. The van der Waals surface area contributed by atoms with Gasteiger partial charge in [-0.2, -0.15) is 0 Å². The molecule has 0 amide bonds. The summed E-state index contributed by atoms with van der Waals surface area (Å²) in [5.41, 5.74) is 9.67. The van der Waals surface area contributed by atoms with E-state index in [1.165, 1.54) is 107 Å². The smallest absolute Gasteiger partial charge is 0.0726 e. The van der Waals surface area contributed by atoms with Crippen molar-refractivity contribution in [2.75, 3.05) is 0 Å². The average molecular weight is 741 g/mol. The fraction of sp³-hybridized carbons (Fsp3) is 0. The van der Waals surface area contributed by atoms with E-state index in [0.29, 0.717) is 0 Å². The first-order valence-electron chi connectivity index (χ1n) is 19.6. The van der Waals surface area contributed by atoms with E-state index in [-0.39, 0.29) is 0 Å². The van der Waals surface area contributed by atoms with Crippen LogP contribution in [0.1, 0.15) is 0 Å². The topological polar surface area (TPSA) is 9.86 Å². The van der Waals surface area contributed by atoms with Crippen LogP contribution in [0.5, 0.6) is 0 Å². The minimum atomic E-state index is 1.16. The van der Waals surface area contributed by atoms with Crippen molar-refractivity contribution in [3.8, 4) is 22.5 Å². The molecular weight excluding hydrogens is 709 g/mol. The van der Waals surface area contributed by atoms with Gasteiger partial charge in [0.05, 0.1) is 26.8 Å². The molecule has 57 heavy (non-hydrogen) atoms. The molecule has 10 aromatic carbocycles. The van der Waals surface area contributed by atoms with Crippen LogP contribution >= 0.6 is 11.3 Å². The summed E-state index contributed by atoms with van der Waals surface area (Å²) in [4.78, 5) is 0. The van der Waals surface area contributed by atoms with Gasteiger partial charge in [0.2, 0.25) is 0 Å². The second kappa shape index (κ2) is 11.7. The summed E-state index contributed by atoms with van der Waals surface area (Å²) >= 11 is 1.92. The van der Waals surface area contributed by atoms with Gasteiger partial charge in [-0.05, 0) is 69.6 Å². The van der Waals surface area contributed by atoms with Crippen molar-refractivity contribution in [2.45, 2.75) is 0 Å². The predicted octanol–water partition coefficient (Wildman–Crippen LogP) is 15.4. The molecule has 13 aromatic rings. The van der Waals surface area contributed by atoms with Crippen LogP contribution in [-0.2, 0) is 0 Å². The number of para-hydroxylation sites is 4. The number of thiophene rings is 1. The van der Waals surface area contributed by atoms with E-state index in [1.54, 1.807) is 0 Å². The van der Waals surface area contributed by atoms with Crippen molar-refractivity contribution in [3.05, 3.63) is 194 Å². The summed E-state index contributed by atoms with van der Waals surface area (Å²) in [5, 5.41) is 15.7. The second-order valence-electron chi connectivity index (χ2n) is 15.2. The van der Waals surface area contributed by atoms with Crippen LogP contribution in [0.3, 0.4) is 0 Å². The van der Waals surface area contributed by atoms with E-state index in [2.05, 4.69) is 203 Å². The van der Waals surface area contributed by atoms with Gasteiger partial charge in [-0.3, -0.25) is 0 Å². The van der Waals surface area contributed by atoms with Crippen LogP contribution in [0.25, 0.3) is 119 Å². The van der Waals surface area contributed by atoms with Crippen LogP contribution in [0, 0.1) is 0 Å². The van der Waals surface area contributed by atoms with Crippen LogP contribution < -0.4 is 0 Å². The van der Waals surface area contributed by atoms with Crippen LogP contribution in [-0.4, -0.2) is 9.13 Å². The molecule has 0 N–H and O–H groups in total. The number of hydrogen-bond donors (Lipinski definition) is 0. The molecular formula is C54H32N2S. The average Bonchev–Trinajstić information content (AvgIpc) is 3.95. The lowest BCUT2D eigenvalue weighted by atomic mass is 9.89. The summed E-state index contributed by atoms with van der Waals surface area (Å²) in [6, 6.07) is 71.6. The van der Waals surface area contributed by atoms with Gasteiger partial charge in [-0.1, -0.05) is 152 Å².